The van der Waals surface area contributed by atoms with Gasteiger partial charge in [0.25, 0.3) is 0 Å². The van der Waals surface area contributed by atoms with Crippen LogP contribution in [-0.4, -0.2) is 24.6 Å². The summed E-state index contributed by atoms with van der Waals surface area (Å²) in [7, 11) is 0. The number of rotatable bonds is 2. The lowest BCUT2D eigenvalue weighted by molar-refractivity contribution is -0.145. The van der Waals surface area contributed by atoms with Gasteiger partial charge in [-0.3, -0.25) is 4.40 Å². The third-order valence-electron chi connectivity index (χ3n) is 3.60. The minimum Gasteiger partial charge on any atom is -0.278 e. The van der Waals surface area contributed by atoms with E-state index >= 15 is 0 Å². The Kier molecular flexibility index (Phi) is 2.69. The van der Waals surface area contributed by atoms with Crippen LogP contribution >= 0.6 is 0 Å². The first-order chi connectivity index (χ1) is 10.5. The van der Waals surface area contributed by atoms with E-state index in [-0.39, 0.29) is 5.65 Å². The Labute approximate surface area is 122 Å². The highest BCUT2D eigenvalue weighted by molar-refractivity contribution is 5.63. The van der Waals surface area contributed by atoms with E-state index in [0.717, 1.165) is 23.1 Å². The summed E-state index contributed by atoms with van der Waals surface area (Å²) in [5, 5.41) is 6.73. The van der Waals surface area contributed by atoms with Gasteiger partial charge < -0.3 is 0 Å². The van der Waals surface area contributed by atoms with Gasteiger partial charge in [0.05, 0.1) is 0 Å². The van der Waals surface area contributed by atoms with Crippen LogP contribution in [0.25, 0.3) is 16.8 Å². The zero-order chi connectivity index (χ0) is 15.3. The quantitative estimate of drug-likeness (QED) is 0.730. The SMILES string of the molecule is FC(F)(F)c1nnc2ccc(-c3cnc(C4CC4)nc3)cn12. The van der Waals surface area contributed by atoms with Gasteiger partial charge in [-0.15, -0.1) is 10.2 Å². The third-order valence-corrected chi connectivity index (χ3v) is 3.60. The van der Waals surface area contributed by atoms with E-state index < -0.39 is 12.0 Å². The molecule has 22 heavy (non-hydrogen) atoms. The zero-order valence-corrected chi connectivity index (χ0v) is 11.2. The van der Waals surface area contributed by atoms with Crippen molar-refractivity contribution in [1.29, 1.82) is 0 Å². The minimum atomic E-state index is -4.55. The van der Waals surface area contributed by atoms with Crippen LogP contribution in [0.1, 0.15) is 30.4 Å². The molecule has 1 aliphatic carbocycles. The van der Waals surface area contributed by atoms with E-state index in [2.05, 4.69) is 20.2 Å². The maximum Gasteiger partial charge on any atom is 0.452 e. The fourth-order valence-electron chi connectivity index (χ4n) is 2.29. The number of hydrogen-bond donors (Lipinski definition) is 0. The van der Waals surface area contributed by atoms with E-state index in [4.69, 9.17) is 0 Å². The van der Waals surface area contributed by atoms with Gasteiger partial charge in [0.2, 0.25) is 5.82 Å². The van der Waals surface area contributed by atoms with Crippen molar-refractivity contribution in [3.05, 3.63) is 42.4 Å². The number of nitrogens with zero attached hydrogens (tertiary/aromatic N) is 5. The molecule has 0 N–H and O–H groups in total. The van der Waals surface area contributed by atoms with Gasteiger partial charge in [0, 0.05) is 35.6 Å². The molecule has 3 aromatic rings. The number of hydrogen-bond acceptors (Lipinski definition) is 4. The topological polar surface area (TPSA) is 56.0 Å². The normalized spacial score (nSPS) is 15.4. The van der Waals surface area contributed by atoms with E-state index in [1.807, 2.05) is 0 Å². The van der Waals surface area contributed by atoms with Crippen molar-refractivity contribution in [2.75, 3.05) is 0 Å². The molecule has 8 heteroatoms. The minimum absolute atomic E-state index is 0.145. The van der Waals surface area contributed by atoms with Crippen molar-refractivity contribution in [2.45, 2.75) is 24.9 Å². The number of pyridine rings is 1. The molecule has 4 rings (SSSR count). The molecule has 0 unspecified atom stereocenters. The van der Waals surface area contributed by atoms with Crippen LogP contribution in [-0.2, 0) is 6.18 Å². The Morgan fingerprint density at radius 3 is 2.36 bits per heavy atom. The zero-order valence-electron chi connectivity index (χ0n) is 11.2. The summed E-state index contributed by atoms with van der Waals surface area (Å²) in [5.41, 5.74) is 1.39. The summed E-state index contributed by atoms with van der Waals surface area (Å²) in [6.45, 7) is 0. The van der Waals surface area contributed by atoms with Crippen LogP contribution in [0.3, 0.4) is 0 Å². The summed E-state index contributed by atoms with van der Waals surface area (Å²) in [5.74, 6) is 0.191. The largest absolute Gasteiger partial charge is 0.452 e. The molecule has 0 spiro atoms. The van der Waals surface area contributed by atoms with Crippen LogP contribution in [0, 0.1) is 0 Å². The molecule has 1 fully saturated rings. The molecule has 0 aliphatic heterocycles. The number of aromatic nitrogens is 5. The summed E-state index contributed by atoms with van der Waals surface area (Å²) >= 11 is 0. The van der Waals surface area contributed by atoms with Crippen LogP contribution in [0.2, 0.25) is 0 Å². The highest BCUT2D eigenvalue weighted by Gasteiger charge is 2.36. The summed E-state index contributed by atoms with van der Waals surface area (Å²) in [4.78, 5) is 8.56. The second-order valence-electron chi connectivity index (χ2n) is 5.27. The van der Waals surface area contributed by atoms with Crippen molar-refractivity contribution in [3.63, 3.8) is 0 Å². The van der Waals surface area contributed by atoms with Gasteiger partial charge in [0.1, 0.15) is 5.82 Å². The molecule has 0 bridgehead atoms. The predicted molar refractivity (Wildman–Crippen MR) is 71.0 cm³/mol. The van der Waals surface area contributed by atoms with Crippen molar-refractivity contribution >= 4 is 5.65 Å². The molecule has 1 aliphatic rings. The third kappa shape index (κ3) is 2.20. The highest BCUT2D eigenvalue weighted by Crippen LogP contribution is 2.38. The maximum atomic E-state index is 12.9. The fourth-order valence-corrected chi connectivity index (χ4v) is 2.29. The monoisotopic (exact) mass is 305 g/mol. The standard InChI is InChI=1S/C14H10F3N5/c15-14(16,17)13-21-20-11-4-3-9(7-22(11)13)10-5-18-12(19-6-10)8-1-2-8/h3-8H,1-2H2. The molecule has 1 saturated carbocycles. The van der Waals surface area contributed by atoms with Crippen LogP contribution in [0.4, 0.5) is 13.2 Å². The smallest absolute Gasteiger partial charge is 0.278 e. The average molecular weight is 305 g/mol. The highest BCUT2D eigenvalue weighted by atomic mass is 19.4. The summed E-state index contributed by atoms with van der Waals surface area (Å²) < 4.78 is 39.6. The molecular formula is C14H10F3N5. The lowest BCUT2D eigenvalue weighted by Crippen LogP contribution is -2.10. The van der Waals surface area contributed by atoms with E-state index in [0.29, 0.717) is 17.0 Å². The Morgan fingerprint density at radius 1 is 1.00 bits per heavy atom. The van der Waals surface area contributed by atoms with Crippen LogP contribution in [0.15, 0.2) is 30.7 Å². The van der Waals surface area contributed by atoms with Crippen molar-refractivity contribution in [1.82, 2.24) is 24.6 Å². The lowest BCUT2D eigenvalue weighted by Gasteiger charge is -2.06. The fraction of sp³-hybridized carbons (Fsp3) is 0.286. The predicted octanol–water partition coefficient (Wildman–Crippen LogP) is 3.08. The summed E-state index contributed by atoms with van der Waals surface area (Å²) in [6.07, 6.45) is 2.28. The Balaban J connectivity index is 1.77. The second kappa shape index (κ2) is 4.49. The van der Waals surface area contributed by atoms with Crippen LogP contribution < -0.4 is 0 Å². The molecule has 0 saturated heterocycles. The number of halogens is 3. The molecule has 0 amide bonds. The molecule has 112 valence electrons. The van der Waals surface area contributed by atoms with Gasteiger partial charge >= 0.3 is 6.18 Å². The Hall–Kier alpha value is -2.51. The van der Waals surface area contributed by atoms with Crippen molar-refractivity contribution < 1.29 is 13.2 Å². The van der Waals surface area contributed by atoms with E-state index in [1.165, 1.54) is 12.3 Å². The molecule has 3 heterocycles. The van der Waals surface area contributed by atoms with Gasteiger partial charge in [-0.2, -0.15) is 13.2 Å². The first kappa shape index (κ1) is 13.2. The first-order valence-electron chi connectivity index (χ1n) is 6.77. The second-order valence-corrected chi connectivity index (χ2v) is 5.27. The van der Waals surface area contributed by atoms with Crippen LogP contribution in [0.5, 0.6) is 0 Å². The molecule has 0 atom stereocenters. The Morgan fingerprint density at radius 2 is 1.73 bits per heavy atom. The van der Waals surface area contributed by atoms with Gasteiger partial charge in [-0.05, 0) is 25.0 Å². The first-order valence-corrected chi connectivity index (χ1v) is 6.77. The van der Waals surface area contributed by atoms with E-state index in [1.54, 1.807) is 18.5 Å². The lowest BCUT2D eigenvalue weighted by atomic mass is 10.1. The molecular weight excluding hydrogens is 295 g/mol. The van der Waals surface area contributed by atoms with Gasteiger partial charge in [-0.1, -0.05) is 0 Å². The van der Waals surface area contributed by atoms with Crippen molar-refractivity contribution in [2.24, 2.45) is 0 Å². The van der Waals surface area contributed by atoms with Gasteiger partial charge in [-0.25, -0.2) is 9.97 Å². The molecule has 3 aromatic heterocycles. The van der Waals surface area contributed by atoms with E-state index in [9.17, 15) is 13.2 Å². The maximum absolute atomic E-state index is 12.9. The number of alkyl halides is 3. The molecule has 0 radical (unpaired) electrons. The van der Waals surface area contributed by atoms with Crippen molar-refractivity contribution in [3.8, 4) is 11.1 Å². The molecule has 0 aromatic carbocycles. The number of fused-ring (bicyclic) bond motifs is 1. The summed E-state index contributed by atoms with van der Waals surface area (Å²) in [6, 6.07) is 3.17. The van der Waals surface area contributed by atoms with Gasteiger partial charge in [0.15, 0.2) is 5.65 Å². The average Bonchev–Trinajstić information content (AvgIpc) is 3.25. The molecule has 5 nitrogen and oxygen atoms in total. The Bertz CT molecular complexity index is 834.